The molecule has 0 radical (unpaired) electrons. The van der Waals surface area contributed by atoms with Crippen molar-refractivity contribution >= 4 is 33.9 Å². The Morgan fingerprint density at radius 2 is 1.74 bits per heavy atom. The SMILES string of the molecule is O=C1C(=O)N(c2nncs2)C(c2ccc(O)cc2)/C1=C(\O)c1ccccc1. The molecule has 1 aliphatic heterocycles. The summed E-state index contributed by atoms with van der Waals surface area (Å²) < 4.78 is 0. The molecule has 1 aromatic heterocycles. The number of rotatable bonds is 3. The van der Waals surface area contributed by atoms with Crippen molar-refractivity contribution in [2.45, 2.75) is 6.04 Å². The first-order chi connectivity index (χ1) is 13.1. The van der Waals surface area contributed by atoms with Crippen LogP contribution in [-0.4, -0.2) is 32.1 Å². The molecule has 134 valence electrons. The quantitative estimate of drug-likeness (QED) is 0.412. The highest BCUT2D eigenvalue weighted by Crippen LogP contribution is 2.42. The Kier molecular flexibility index (Phi) is 4.17. The Morgan fingerprint density at radius 1 is 1.04 bits per heavy atom. The lowest BCUT2D eigenvalue weighted by molar-refractivity contribution is -0.132. The fourth-order valence-corrected chi connectivity index (χ4v) is 3.61. The van der Waals surface area contributed by atoms with Gasteiger partial charge in [-0.25, -0.2) is 0 Å². The number of aromatic hydroxyl groups is 1. The molecule has 7 nitrogen and oxygen atoms in total. The number of hydrogen-bond donors (Lipinski definition) is 2. The van der Waals surface area contributed by atoms with Crippen molar-refractivity contribution in [1.29, 1.82) is 0 Å². The number of anilines is 1. The van der Waals surface area contributed by atoms with E-state index in [1.165, 1.54) is 22.5 Å². The molecule has 2 heterocycles. The van der Waals surface area contributed by atoms with Gasteiger partial charge in [-0.15, -0.1) is 10.2 Å². The number of phenols is 1. The van der Waals surface area contributed by atoms with Crippen LogP contribution in [0, 0.1) is 0 Å². The molecule has 4 rings (SSSR count). The minimum atomic E-state index is -0.876. The Balaban J connectivity index is 1.94. The van der Waals surface area contributed by atoms with Gasteiger partial charge in [0.1, 0.15) is 17.0 Å². The van der Waals surface area contributed by atoms with Crippen molar-refractivity contribution in [3.05, 3.63) is 76.8 Å². The molecule has 2 aromatic carbocycles. The van der Waals surface area contributed by atoms with Crippen LogP contribution in [0.4, 0.5) is 5.13 Å². The van der Waals surface area contributed by atoms with Crippen LogP contribution >= 0.6 is 11.3 Å². The van der Waals surface area contributed by atoms with Gasteiger partial charge in [-0.3, -0.25) is 14.5 Å². The highest BCUT2D eigenvalue weighted by molar-refractivity contribution is 7.13. The summed E-state index contributed by atoms with van der Waals surface area (Å²) in [4.78, 5) is 26.7. The largest absolute Gasteiger partial charge is 0.508 e. The molecule has 0 saturated carbocycles. The molecule has 27 heavy (non-hydrogen) atoms. The van der Waals surface area contributed by atoms with Crippen molar-refractivity contribution in [2.75, 3.05) is 4.90 Å². The first kappa shape index (κ1) is 16.9. The van der Waals surface area contributed by atoms with Gasteiger partial charge in [-0.1, -0.05) is 53.8 Å². The number of aliphatic hydroxyl groups excluding tert-OH is 1. The van der Waals surface area contributed by atoms with Gasteiger partial charge >= 0.3 is 5.91 Å². The summed E-state index contributed by atoms with van der Waals surface area (Å²) >= 11 is 1.11. The maximum atomic E-state index is 12.8. The summed E-state index contributed by atoms with van der Waals surface area (Å²) in [5.41, 5.74) is 2.41. The number of aromatic nitrogens is 2. The lowest BCUT2D eigenvalue weighted by atomic mass is 9.95. The van der Waals surface area contributed by atoms with E-state index in [0.717, 1.165) is 11.3 Å². The monoisotopic (exact) mass is 379 g/mol. The van der Waals surface area contributed by atoms with Crippen LogP contribution in [0.15, 0.2) is 65.7 Å². The fraction of sp³-hybridized carbons (Fsp3) is 0.0526. The van der Waals surface area contributed by atoms with E-state index in [4.69, 9.17) is 0 Å². The first-order valence-corrected chi connectivity index (χ1v) is 8.87. The second kappa shape index (κ2) is 6.65. The standard InChI is InChI=1S/C19H13N3O4S/c23-13-8-6-11(7-9-13)15-14(16(24)12-4-2-1-3-5-12)17(25)18(26)22(15)19-21-20-10-27-19/h1-10,15,23-24H/b16-14+. The second-order valence-corrected chi connectivity index (χ2v) is 6.66. The van der Waals surface area contributed by atoms with Crippen LogP contribution in [0.25, 0.3) is 5.76 Å². The number of nitrogens with zero attached hydrogens (tertiary/aromatic N) is 3. The van der Waals surface area contributed by atoms with Gasteiger partial charge in [-0.2, -0.15) is 0 Å². The van der Waals surface area contributed by atoms with Crippen LogP contribution in [0.1, 0.15) is 17.2 Å². The lowest BCUT2D eigenvalue weighted by Crippen LogP contribution is -2.29. The van der Waals surface area contributed by atoms with Crippen LogP contribution < -0.4 is 4.90 Å². The summed E-state index contributed by atoms with van der Waals surface area (Å²) in [5.74, 6) is -1.80. The van der Waals surface area contributed by atoms with Gasteiger partial charge < -0.3 is 10.2 Å². The number of carbonyl (C=O) groups is 2. The summed E-state index contributed by atoms with van der Waals surface area (Å²) in [5, 5.41) is 28.3. The molecular weight excluding hydrogens is 366 g/mol. The van der Waals surface area contributed by atoms with Gasteiger partial charge in [-0.05, 0) is 17.7 Å². The first-order valence-electron chi connectivity index (χ1n) is 7.99. The van der Waals surface area contributed by atoms with Gasteiger partial charge in [0.2, 0.25) is 5.13 Å². The maximum Gasteiger partial charge on any atom is 0.301 e. The molecule has 1 saturated heterocycles. The van der Waals surface area contributed by atoms with Crippen LogP contribution in [0.3, 0.4) is 0 Å². The molecule has 1 unspecified atom stereocenters. The van der Waals surface area contributed by atoms with E-state index in [2.05, 4.69) is 10.2 Å². The minimum absolute atomic E-state index is 0.0351. The van der Waals surface area contributed by atoms with E-state index in [9.17, 15) is 19.8 Å². The van der Waals surface area contributed by atoms with Gasteiger partial charge in [0, 0.05) is 5.56 Å². The smallest absolute Gasteiger partial charge is 0.301 e. The van der Waals surface area contributed by atoms with Gasteiger partial charge in [0.05, 0.1) is 11.6 Å². The maximum absolute atomic E-state index is 12.8. The van der Waals surface area contributed by atoms with Crippen molar-refractivity contribution in [1.82, 2.24) is 10.2 Å². The molecule has 1 amide bonds. The molecule has 0 aliphatic carbocycles. The van der Waals surface area contributed by atoms with Crippen molar-refractivity contribution in [2.24, 2.45) is 0 Å². The zero-order chi connectivity index (χ0) is 19.0. The summed E-state index contributed by atoms with van der Waals surface area (Å²) in [6, 6.07) is 13.8. The van der Waals surface area contributed by atoms with Gasteiger partial charge in [0.25, 0.3) is 5.78 Å². The predicted octanol–water partition coefficient (Wildman–Crippen LogP) is 2.87. The fourth-order valence-electron chi connectivity index (χ4n) is 3.03. The minimum Gasteiger partial charge on any atom is -0.508 e. The average Bonchev–Trinajstić information content (AvgIpc) is 3.30. The zero-order valence-electron chi connectivity index (χ0n) is 13.8. The van der Waals surface area contributed by atoms with E-state index in [0.29, 0.717) is 11.1 Å². The molecular formula is C19H13N3O4S. The molecule has 1 fully saturated rings. The molecule has 1 atom stereocenters. The number of aliphatic hydroxyl groups is 1. The molecule has 3 aromatic rings. The van der Waals surface area contributed by atoms with Crippen LogP contribution in [-0.2, 0) is 9.59 Å². The summed E-state index contributed by atoms with van der Waals surface area (Å²) in [7, 11) is 0. The summed E-state index contributed by atoms with van der Waals surface area (Å²) in [6.45, 7) is 0. The Labute approximate surface area is 157 Å². The normalized spacial score (nSPS) is 18.8. The highest BCUT2D eigenvalue weighted by Gasteiger charge is 2.48. The average molecular weight is 379 g/mol. The van der Waals surface area contributed by atoms with E-state index in [1.807, 2.05) is 0 Å². The van der Waals surface area contributed by atoms with E-state index >= 15 is 0 Å². The third-order valence-electron chi connectivity index (χ3n) is 4.26. The zero-order valence-corrected chi connectivity index (χ0v) is 14.6. The Hall–Kier alpha value is -3.52. The Bertz CT molecular complexity index is 1030. The Morgan fingerprint density at radius 3 is 2.37 bits per heavy atom. The highest BCUT2D eigenvalue weighted by atomic mass is 32.1. The number of amides is 1. The molecule has 0 spiro atoms. The third kappa shape index (κ3) is 2.85. The number of ketones is 1. The second-order valence-electron chi connectivity index (χ2n) is 5.85. The van der Waals surface area contributed by atoms with Crippen LogP contribution in [0.5, 0.6) is 5.75 Å². The lowest BCUT2D eigenvalue weighted by Gasteiger charge is -2.22. The van der Waals surface area contributed by atoms with Crippen molar-refractivity contribution in [3.8, 4) is 5.75 Å². The van der Waals surface area contributed by atoms with E-state index < -0.39 is 17.7 Å². The van der Waals surface area contributed by atoms with E-state index in [-0.39, 0.29) is 22.2 Å². The molecule has 1 aliphatic rings. The number of carbonyl (C=O) groups excluding carboxylic acids is 2. The van der Waals surface area contributed by atoms with E-state index in [1.54, 1.807) is 42.5 Å². The number of hydrogen-bond acceptors (Lipinski definition) is 7. The third-order valence-corrected chi connectivity index (χ3v) is 4.94. The molecule has 8 heteroatoms. The molecule has 2 N–H and O–H groups in total. The number of Topliss-reactive ketones (excluding diaryl/α,β-unsaturated/α-hetero) is 1. The number of phenolic OH excluding ortho intramolecular Hbond substituents is 1. The van der Waals surface area contributed by atoms with Gasteiger partial charge in [0.15, 0.2) is 0 Å². The van der Waals surface area contributed by atoms with Crippen molar-refractivity contribution in [3.63, 3.8) is 0 Å². The molecule has 0 bridgehead atoms. The number of benzene rings is 2. The van der Waals surface area contributed by atoms with Crippen molar-refractivity contribution < 1.29 is 19.8 Å². The summed E-state index contributed by atoms with van der Waals surface area (Å²) in [6.07, 6.45) is 0. The van der Waals surface area contributed by atoms with Crippen LogP contribution in [0.2, 0.25) is 0 Å². The topological polar surface area (TPSA) is 104 Å². The predicted molar refractivity (Wildman–Crippen MR) is 99.2 cm³/mol.